The number of benzene rings is 1. The Bertz CT molecular complexity index is 668. The van der Waals surface area contributed by atoms with E-state index in [1.54, 1.807) is 0 Å². The summed E-state index contributed by atoms with van der Waals surface area (Å²) in [4.78, 5) is 10.6. The fourth-order valence-electron chi connectivity index (χ4n) is 1.85. The largest absolute Gasteiger partial charge is 0.478 e. The summed E-state index contributed by atoms with van der Waals surface area (Å²) in [5.74, 6) is -1.34. The first-order valence-corrected chi connectivity index (χ1v) is 7.18. The predicted octanol–water partition coefficient (Wildman–Crippen LogP) is 2.18. The van der Waals surface area contributed by atoms with Crippen molar-refractivity contribution in [2.75, 3.05) is 13.6 Å². The van der Waals surface area contributed by atoms with Crippen molar-refractivity contribution < 1.29 is 31.5 Å². The normalized spacial score (nSPS) is 12.7. The summed E-state index contributed by atoms with van der Waals surface area (Å²) >= 11 is 0. The fourth-order valence-corrected chi connectivity index (χ4v) is 3.23. The summed E-state index contributed by atoms with van der Waals surface area (Å²) in [7, 11) is -3.63. The molecule has 0 unspecified atom stereocenters. The summed E-state index contributed by atoms with van der Waals surface area (Å²) < 4.78 is 61.4. The van der Waals surface area contributed by atoms with Gasteiger partial charge in [0.1, 0.15) is 6.54 Å². The first kappa shape index (κ1) is 17.4. The van der Waals surface area contributed by atoms with Gasteiger partial charge in [0.15, 0.2) is 0 Å². The van der Waals surface area contributed by atoms with Crippen molar-refractivity contribution in [3.63, 3.8) is 0 Å². The second kappa shape index (κ2) is 5.64. The molecule has 0 amide bonds. The SMILES string of the molecule is Cc1cc(C)c(S(=O)(=O)N(C)CC(F)(F)F)cc1C(=O)O. The molecular weight excluding hydrogens is 311 g/mol. The summed E-state index contributed by atoms with van der Waals surface area (Å²) in [6.45, 7) is 1.23. The molecule has 118 valence electrons. The van der Waals surface area contributed by atoms with Gasteiger partial charge in [0.05, 0.1) is 10.5 Å². The van der Waals surface area contributed by atoms with Crippen molar-refractivity contribution >= 4 is 16.0 Å². The second-order valence-electron chi connectivity index (χ2n) is 4.61. The average molecular weight is 325 g/mol. The molecule has 0 aliphatic carbocycles. The van der Waals surface area contributed by atoms with Crippen LogP contribution in [-0.4, -0.2) is 43.6 Å². The molecule has 21 heavy (non-hydrogen) atoms. The maximum Gasteiger partial charge on any atom is 0.402 e. The maximum absolute atomic E-state index is 12.3. The quantitative estimate of drug-likeness (QED) is 0.921. The van der Waals surface area contributed by atoms with E-state index in [1.165, 1.54) is 19.9 Å². The smallest absolute Gasteiger partial charge is 0.402 e. The van der Waals surface area contributed by atoms with E-state index in [9.17, 15) is 26.4 Å². The van der Waals surface area contributed by atoms with E-state index in [0.717, 1.165) is 13.1 Å². The molecule has 0 aromatic heterocycles. The number of carboxylic acid groups (broad SMARTS) is 1. The molecule has 9 heteroatoms. The van der Waals surface area contributed by atoms with Crippen LogP contribution in [0.1, 0.15) is 21.5 Å². The highest BCUT2D eigenvalue weighted by Gasteiger charge is 2.35. The van der Waals surface area contributed by atoms with Gasteiger partial charge in [-0.05, 0) is 31.0 Å². The third-order valence-corrected chi connectivity index (χ3v) is 4.79. The maximum atomic E-state index is 12.3. The van der Waals surface area contributed by atoms with Crippen LogP contribution in [0, 0.1) is 13.8 Å². The lowest BCUT2D eigenvalue weighted by atomic mass is 10.1. The van der Waals surface area contributed by atoms with Crippen molar-refractivity contribution in [1.82, 2.24) is 4.31 Å². The van der Waals surface area contributed by atoms with E-state index in [2.05, 4.69) is 0 Å². The highest BCUT2D eigenvalue weighted by atomic mass is 32.2. The Hall–Kier alpha value is -1.61. The molecule has 0 atom stereocenters. The summed E-state index contributed by atoms with van der Waals surface area (Å²) in [6, 6.07) is 2.20. The van der Waals surface area contributed by atoms with E-state index in [4.69, 9.17) is 5.11 Å². The fraction of sp³-hybridized carbons (Fsp3) is 0.417. The highest BCUT2D eigenvalue weighted by molar-refractivity contribution is 7.89. The van der Waals surface area contributed by atoms with Gasteiger partial charge in [-0.2, -0.15) is 17.5 Å². The van der Waals surface area contributed by atoms with Gasteiger partial charge in [-0.3, -0.25) is 0 Å². The average Bonchev–Trinajstić information content (AvgIpc) is 2.25. The number of sulfonamides is 1. The van der Waals surface area contributed by atoms with Crippen LogP contribution in [-0.2, 0) is 10.0 Å². The molecule has 0 saturated heterocycles. The van der Waals surface area contributed by atoms with Crippen LogP contribution < -0.4 is 0 Å². The third-order valence-electron chi connectivity index (χ3n) is 2.84. The molecule has 1 aromatic carbocycles. The van der Waals surface area contributed by atoms with Crippen molar-refractivity contribution in [2.24, 2.45) is 0 Å². The molecular formula is C12H14F3NO4S. The Morgan fingerprint density at radius 1 is 1.24 bits per heavy atom. The molecule has 0 heterocycles. The van der Waals surface area contributed by atoms with Crippen molar-refractivity contribution in [3.05, 3.63) is 28.8 Å². The predicted molar refractivity (Wildman–Crippen MR) is 68.7 cm³/mol. The Kier molecular flexibility index (Phi) is 4.69. The summed E-state index contributed by atoms with van der Waals surface area (Å²) in [5.41, 5.74) is 0.253. The van der Waals surface area contributed by atoms with Gasteiger partial charge in [-0.25, -0.2) is 13.2 Å². The van der Waals surface area contributed by atoms with E-state index in [0.29, 0.717) is 5.56 Å². The zero-order valence-electron chi connectivity index (χ0n) is 11.5. The number of nitrogens with zero attached hydrogens (tertiary/aromatic N) is 1. The number of halogens is 3. The van der Waals surface area contributed by atoms with Crippen LogP contribution in [0.2, 0.25) is 0 Å². The molecule has 1 N–H and O–H groups in total. The van der Waals surface area contributed by atoms with Gasteiger partial charge in [0.25, 0.3) is 0 Å². The molecule has 0 radical (unpaired) electrons. The number of carboxylic acids is 1. The number of carbonyl (C=O) groups is 1. The Morgan fingerprint density at radius 3 is 2.19 bits per heavy atom. The monoisotopic (exact) mass is 325 g/mol. The number of hydrogen-bond donors (Lipinski definition) is 1. The molecule has 0 spiro atoms. The van der Waals surface area contributed by atoms with Crippen LogP contribution in [0.4, 0.5) is 13.2 Å². The van der Waals surface area contributed by atoms with E-state index in [-0.39, 0.29) is 15.4 Å². The summed E-state index contributed by atoms with van der Waals surface area (Å²) in [6.07, 6.45) is -4.68. The van der Waals surface area contributed by atoms with Gasteiger partial charge in [0, 0.05) is 7.05 Å². The zero-order chi connectivity index (χ0) is 16.6. The topological polar surface area (TPSA) is 74.7 Å². The number of rotatable bonds is 4. The van der Waals surface area contributed by atoms with E-state index >= 15 is 0 Å². The van der Waals surface area contributed by atoms with Crippen LogP contribution in [0.5, 0.6) is 0 Å². The standard InChI is InChI=1S/C12H14F3NO4S/c1-7-4-8(2)10(5-9(7)11(17)18)21(19,20)16(3)6-12(13,14)15/h4-5H,6H2,1-3H3,(H,17,18). The zero-order valence-corrected chi connectivity index (χ0v) is 12.3. The van der Waals surface area contributed by atoms with Crippen LogP contribution >= 0.6 is 0 Å². The number of aryl methyl sites for hydroxylation is 2. The lowest BCUT2D eigenvalue weighted by Crippen LogP contribution is -2.36. The Balaban J connectivity index is 3.38. The minimum absolute atomic E-state index is 0.149. The molecule has 0 aliphatic heterocycles. The third kappa shape index (κ3) is 3.94. The molecule has 1 aromatic rings. The highest BCUT2D eigenvalue weighted by Crippen LogP contribution is 2.25. The molecule has 0 fully saturated rings. The first-order chi connectivity index (χ1) is 9.36. The molecule has 1 rings (SSSR count). The van der Waals surface area contributed by atoms with E-state index in [1.807, 2.05) is 0 Å². The molecule has 5 nitrogen and oxygen atoms in total. The van der Waals surface area contributed by atoms with Gasteiger partial charge in [-0.1, -0.05) is 6.07 Å². The second-order valence-corrected chi connectivity index (χ2v) is 6.63. The van der Waals surface area contributed by atoms with Gasteiger partial charge >= 0.3 is 12.1 Å². The van der Waals surface area contributed by atoms with Crippen molar-refractivity contribution in [2.45, 2.75) is 24.9 Å². The minimum atomic E-state index is -4.68. The lowest BCUT2D eigenvalue weighted by Gasteiger charge is -2.20. The molecule has 0 aliphatic rings. The van der Waals surface area contributed by atoms with Gasteiger partial charge < -0.3 is 5.11 Å². The van der Waals surface area contributed by atoms with Gasteiger partial charge in [-0.15, -0.1) is 0 Å². The Morgan fingerprint density at radius 2 is 1.76 bits per heavy atom. The lowest BCUT2D eigenvalue weighted by molar-refractivity contribution is -0.134. The molecule has 0 bridgehead atoms. The number of alkyl halides is 3. The Labute approximate surface area is 120 Å². The van der Waals surface area contributed by atoms with Crippen LogP contribution in [0.25, 0.3) is 0 Å². The van der Waals surface area contributed by atoms with Crippen molar-refractivity contribution in [1.29, 1.82) is 0 Å². The number of aromatic carboxylic acids is 1. The molecule has 0 saturated carbocycles. The van der Waals surface area contributed by atoms with Gasteiger partial charge in [0.2, 0.25) is 10.0 Å². The number of hydrogen-bond acceptors (Lipinski definition) is 3. The van der Waals surface area contributed by atoms with E-state index < -0.39 is 33.6 Å². The minimum Gasteiger partial charge on any atom is -0.478 e. The first-order valence-electron chi connectivity index (χ1n) is 5.74. The van der Waals surface area contributed by atoms with Crippen LogP contribution in [0.15, 0.2) is 17.0 Å². The van der Waals surface area contributed by atoms with Crippen molar-refractivity contribution in [3.8, 4) is 0 Å². The van der Waals surface area contributed by atoms with Crippen LogP contribution in [0.3, 0.4) is 0 Å². The summed E-state index contributed by atoms with van der Waals surface area (Å²) in [5, 5.41) is 8.98.